The first-order valence-corrected chi connectivity index (χ1v) is 6.55. The van der Waals surface area contributed by atoms with Gasteiger partial charge in [-0.15, -0.1) is 0 Å². The summed E-state index contributed by atoms with van der Waals surface area (Å²) in [5.74, 6) is -0.327. The van der Waals surface area contributed by atoms with Gasteiger partial charge < -0.3 is 4.57 Å². The molecular weight excluding hydrogens is 267 g/mol. The van der Waals surface area contributed by atoms with Crippen molar-refractivity contribution in [1.82, 2.24) is 9.55 Å². The van der Waals surface area contributed by atoms with Gasteiger partial charge in [-0.25, -0.2) is 9.37 Å². The van der Waals surface area contributed by atoms with Crippen molar-refractivity contribution < 1.29 is 4.39 Å². The van der Waals surface area contributed by atoms with Gasteiger partial charge in [-0.2, -0.15) is 0 Å². The van der Waals surface area contributed by atoms with Crippen molar-refractivity contribution in [2.45, 2.75) is 0 Å². The summed E-state index contributed by atoms with van der Waals surface area (Å²) in [5, 5.41) is 0. The molecule has 0 aliphatic rings. The number of benzene rings is 2. The van der Waals surface area contributed by atoms with Crippen LogP contribution in [0.1, 0.15) is 11.3 Å². The van der Waals surface area contributed by atoms with Crippen LogP contribution in [0.25, 0.3) is 23.2 Å². The lowest BCUT2D eigenvalue weighted by Gasteiger charge is -2.05. The summed E-state index contributed by atoms with van der Waals surface area (Å²) in [7, 11) is 1.70. The van der Waals surface area contributed by atoms with Crippen molar-refractivity contribution in [2.75, 3.05) is 0 Å². The molecule has 1 heterocycles. The quantitative estimate of drug-likeness (QED) is 0.722. The van der Waals surface area contributed by atoms with Crippen molar-refractivity contribution in [3.05, 3.63) is 76.0 Å². The number of aryl methyl sites for hydroxylation is 1. The Morgan fingerprint density at radius 3 is 2.57 bits per heavy atom. The Balaban J connectivity index is 2.11. The predicted molar refractivity (Wildman–Crippen MR) is 82.3 cm³/mol. The summed E-state index contributed by atoms with van der Waals surface area (Å²) >= 11 is 0. The van der Waals surface area contributed by atoms with Gasteiger partial charge in [-0.05, 0) is 30.4 Å². The van der Waals surface area contributed by atoms with Gasteiger partial charge in [0.1, 0.15) is 11.5 Å². The van der Waals surface area contributed by atoms with Crippen LogP contribution in [0.4, 0.5) is 4.39 Å². The fourth-order valence-electron chi connectivity index (χ4n) is 2.19. The minimum Gasteiger partial charge on any atom is -0.308 e. The monoisotopic (exact) mass is 280 g/mol. The normalized spacial score (nSPS) is 11.3. The second kappa shape index (κ2) is 5.32. The fraction of sp³-hybridized carbons (Fsp3) is 0.0588. The molecule has 0 saturated carbocycles. The number of hydrogen-bond donors (Lipinski definition) is 0. The van der Waals surface area contributed by atoms with Crippen molar-refractivity contribution in [1.29, 1.82) is 0 Å². The predicted octanol–water partition coefficient (Wildman–Crippen LogP) is 3.24. The first-order valence-electron chi connectivity index (χ1n) is 6.55. The molecule has 0 fully saturated rings. The molecule has 3 rings (SSSR count). The average molecular weight is 280 g/mol. The molecule has 0 unspecified atom stereocenters. The highest BCUT2D eigenvalue weighted by Crippen LogP contribution is 2.12. The molecule has 3 aromatic rings. The number of halogens is 1. The van der Waals surface area contributed by atoms with Crippen LogP contribution in [0.15, 0.2) is 53.3 Å². The van der Waals surface area contributed by atoms with Crippen LogP contribution >= 0.6 is 0 Å². The van der Waals surface area contributed by atoms with E-state index in [1.807, 2.05) is 24.3 Å². The summed E-state index contributed by atoms with van der Waals surface area (Å²) in [6.07, 6.45) is 3.11. The molecule has 0 spiro atoms. The number of aromatic nitrogens is 2. The zero-order valence-electron chi connectivity index (χ0n) is 11.5. The second-order valence-electron chi connectivity index (χ2n) is 4.70. The molecule has 0 amide bonds. The highest BCUT2D eigenvalue weighted by atomic mass is 19.1. The molecular formula is C17H13FN2O. The van der Waals surface area contributed by atoms with Crippen LogP contribution in [-0.2, 0) is 7.05 Å². The molecule has 21 heavy (non-hydrogen) atoms. The van der Waals surface area contributed by atoms with Crippen LogP contribution in [0.2, 0.25) is 0 Å². The van der Waals surface area contributed by atoms with Crippen LogP contribution in [0, 0.1) is 5.82 Å². The molecule has 2 aromatic carbocycles. The van der Waals surface area contributed by atoms with Crippen LogP contribution in [-0.4, -0.2) is 9.55 Å². The van der Waals surface area contributed by atoms with E-state index in [9.17, 15) is 9.18 Å². The van der Waals surface area contributed by atoms with E-state index in [1.165, 1.54) is 6.07 Å². The number of hydrogen-bond acceptors (Lipinski definition) is 2. The first kappa shape index (κ1) is 13.2. The van der Waals surface area contributed by atoms with Gasteiger partial charge in [0.25, 0.3) is 5.56 Å². The summed E-state index contributed by atoms with van der Waals surface area (Å²) < 4.78 is 15.1. The highest BCUT2D eigenvalue weighted by molar-refractivity contribution is 5.77. The molecule has 0 bridgehead atoms. The van der Waals surface area contributed by atoms with E-state index < -0.39 is 0 Å². The van der Waals surface area contributed by atoms with Crippen LogP contribution in [0.3, 0.4) is 0 Å². The topological polar surface area (TPSA) is 34.9 Å². The molecule has 4 heteroatoms. The third kappa shape index (κ3) is 2.48. The lowest BCUT2D eigenvalue weighted by molar-refractivity contribution is 0.625. The Morgan fingerprint density at radius 2 is 1.76 bits per heavy atom. The largest absolute Gasteiger partial charge is 0.308 e. The average Bonchev–Trinajstić information content (AvgIpc) is 2.51. The molecule has 0 N–H and O–H groups in total. The van der Waals surface area contributed by atoms with Crippen molar-refractivity contribution in [3.63, 3.8) is 0 Å². The molecule has 0 aliphatic heterocycles. The number of nitrogens with zero attached hydrogens (tertiary/aromatic N) is 2. The van der Waals surface area contributed by atoms with Gasteiger partial charge in [0.2, 0.25) is 0 Å². The SMILES string of the molecule is Cn1c(=O)c(C=Cc2ccccc2F)nc2ccccc21. The third-order valence-electron chi connectivity index (χ3n) is 3.33. The van der Waals surface area contributed by atoms with Crippen molar-refractivity contribution in [2.24, 2.45) is 7.05 Å². The molecule has 0 saturated heterocycles. The van der Waals surface area contributed by atoms with E-state index in [0.717, 1.165) is 11.0 Å². The standard InChI is InChI=1S/C17H13FN2O/c1-20-16-9-5-4-8-14(16)19-15(17(20)21)11-10-12-6-2-3-7-13(12)18/h2-11H,1H3. The smallest absolute Gasteiger partial charge is 0.276 e. The van der Waals surface area contributed by atoms with Crippen LogP contribution in [0.5, 0.6) is 0 Å². The second-order valence-corrected chi connectivity index (χ2v) is 4.70. The van der Waals surface area contributed by atoms with E-state index >= 15 is 0 Å². The Kier molecular flexibility index (Phi) is 3.36. The molecule has 0 radical (unpaired) electrons. The fourth-order valence-corrected chi connectivity index (χ4v) is 2.19. The Bertz CT molecular complexity index is 897. The van der Waals surface area contributed by atoms with Crippen molar-refractivity contribution >= 4 is 23.2 Å². The highest BCUT2D eigenvalue weighted by Gasteiger charge is 2.05. The number of rotatable bonds is 2. The number of fused-ring (bicyclic) bond motifs is 1. The third-order valence-corrected chi connectivity index (χ3v) is 3.33. The summed E-state index contributed by atoms with van der Waals surface area (Å²) in [6.45, 7) is 0. The number of para-hydroxylation sites is 2. The van der Waals surface area contributed by atoms with Gasteiger partial charge in [0.05, 0.1) is 11.0 Å². The molecule has 1 aromatic heterocycles. The van der Waals surface area contributed by atoms with Gasteiger partial charge in [-0.3, -0.25) is 4.79 Å². The zero-order chi connectivity index (χ0) is 14.8. The van der Waals surface area contributed by atoms with Gasteiger partial charge in [-0.1, -0.05) is 30.3 Å². The maximum absolute atomic E-state index is 13.6. The van der Waals surface area contributed by atoms with Gasteiger partial charge in [0, 0.05) is 12.6 Å². The minimum absolute atomic E-state index is 0.207. The zero-order valence-corrected chi connectivity index (χ0v) is 11.5. The Morgan fingerprint density at radius 1 is 1.05 bits per heavy atom. The summed E-state index contributed by atoms with van der Waals surface area (Å²) in [6, 6.07) is 13.8. The maximum atomic E-state index is 13.6. The van der Waals surface area contributed by atoms with E-state index in [1.54, 1.807) is 42.0 Å². The first-order chi connectivity index (χ1) is 10.2. The van der Waals surface area contributed by atoms with Gasteiger partial charge >= 0.3 is 0 Å². The van der Waals surface area contributed by atoms with Crippen LogP contribution < -0.4 is 5.56 Å². The molecule has 0 aliphatic carbocycles. The summed E-state index contributed by atoms with van der Waals surface area (Å²) in [5.41, 5.74) is 2.01. The van der Waals surface area contributed by atoms with E-state index in [0.29, 0.717) is 11.3 Å². The molecule has 0 atom stereocenters. The van der Waals surface area contributed by atoms with E-state index in [-0.39, 0.29) is 11.4 Å². The van der Waals surface area contributed by atoms with E-state index in [2.05, 4.69) is 4.98 Å². The van der Waals surface area contributed by atoms with Gasteiger partial charge in [0.15, 0.2) is 0 Å². The van der Waals surface area contributed by atoms with E-state index in [4.69, 9.17) is 0 Å². The lowest BCUT2D eigenvalue weighted by Crippen LogP contribution is -2.21. The molecule has 3 nitrogen and oxygen atoms in total. The Labute approximate surface area is 121 Å². The van der Waals surface area contributed by atoms with Crippen molar-refractivity contribution in [3.8, 4) is 0 Å². The minimum atomic E-state index is -0.327. The molecule has 104 valence electrons. The Hall–Kier alpha value is -2.75. The maximum Gasteiger partial charge on any atom is 0.276 e. The lowest BCUT2D eigenvalue weighted by atomic mass is 10.2. The summed E-state index contributed by atoms with van der Waals surface area (Å²) in [4.78, 5) is 16.6.